The molecule has 220 valence electrons. The number of benzene rings is 4. The van der Waals surface area contributed by atoms with E-state index in [0.29, 0.717) is 21.7 Å². The summed E-state index contributed by atoms with van der Waals surface area (Å²) in [7, 11) is 0. The Balaban J connectivity index is 1.48. The third-order valence-electron chi connectivity index (χ3n) is 6.18. The maximum atomic E-state index is 13.4. The number of rotatable bonds is 9. The average molecular weight is 604 g/mol. The number of carbonyl (C=O) groups is 3. The molecule has 4 aromatic rings. The number of amides is 3. The molecule has 0 fully saturated rings. The van der Waals surface area contributed by atoms with Crippen molar-refractivity contribution in [1.82, 2.24) is 5.32 Å². The molecule has 0 radical (unpaired) electrons. The molecule has 0 saturated heterocycles. The topological polar surface area (TPSA) is 87.3 Å². The number of para-hydroxylation sites is 1. The Morgan fingerprint density at radius 1 is 0.814 bits per heavy atom. The maximum Gasteiger partial charge on any atom is 0.418 e. The molecular weight excluding hydrogens is 575 g/mol. The van der Waals surface area contributed by atoms with Gasteiger partial charge in [-0.2, -0.15) is 13.2 Å². The van der Waals surface area contributed by atoms with Crippen LogP contribution < -0.4 is 16.0 Å². The number of alkyl halides is 3. The van der Waals surface area contributed by atoms with Crippen molar-refractivity contribution in [2.24, 2.45) is 0 Å². The molecule has 0 aliphatic heterocycles. The third kappa shape index (κ3) is 8.83. The van der Waals surface area contributed by atoms with Gasteiger partial charge in [0.1, 0.15) is 5.70 Å². The Kier molecular flexibility index (Phi) is 10.0. The Hall–Kier alpha value is -4.83. The standard InChI is InChI=1S/C33H28F3N3O3S/c1-21-15-17-23(18-16-21)19-29(39-31(41)24-9-4-3-5-10-24)32(42)37-25-11-8-12-26(20-25)43-22(2)30(40)38-28-14-7-6-13-27(28)33(34,35)36/h3-20,22H,1-2H3,(H,37,42)(H,38,40)(H,39,41)/b29-19+. The summed E-state index contributed by atoms with van der Waals surface area (Å²) in [6, 6.07) is 27.4. The molecule has 3 amide bonds. The van der Waals surface area contributed by atoms with Gasteiger partial charge in [0.15, 0.2) is 0 Å². The van der Waals surface area contributed by atoms with Crippen LogP contribution in [0.25, 0.3) is 6.08 Å². The van der Waals surface area contributed by atoms with Gasteiger partial charge in [-0.3, -0.25) is 14.4 Å². The highest BCUT2D eigenvalue weighted by atomic mass is 32.2. The largest absolute Gasteiger partial charge is 0.418 e. The summed E-state index contributed by atoms with van der Waals surface area (Å²) in [4.78, 5) is 39.6. The van der Waals surface area contributed by atoms with E-state index in [4.69, 9.17) is 0 Å². The Morgan fingerprint density at radius 3 is 2.19 bits per heavy atom. The molecule has 0 saturated carbocycles. The summed E-state index contributed by atoms with van der Waals surface area (Å²) >= 11 is 1.12. The van der Waals surface area contributed by atoms with Gasteiger partial charge in [-0.15, -0.1) is 11.8 Å². The molecule has 0 aromatic heterocycles. The maximum absolute atomic E-state index is 13.4. The molecule has 1 unspecified atom stereocenters. The summed E-state index contributed by atoms with van der Waals surface area (Å²) in [6.45, 7) is 3.51. The number of hydrogen-bond acceptors (Lipinski definition) is 4. The summed E-state index contributed by atoms with van der Waals surface area (Å²) < 4.78 is 40.0. The van der Waals surface area contributed by atoms with Crippen LogP contribution in [0.2, 0.25) is 0 Å². The van der Waals surface area contributed by atoms with Crippen LogP contribution in [0, 0.1) is 6.92 Å². The van der Waals surface area contributed by atoms with Crippen LogP contribution in [0.5, 0.6) is 0 Å². The van der Waals surface area contributed by atoms with Crippen LogP contribution in [0.4, 0.5) is 24.5 Å². The minimum Gasteiger partial charge on any atom is -0.325 e. The molecule has 0 heterocycles. The number of hydrogen-bond donors (Lipinski definition) is 3. The third-order valence-corrected chi connectivity index (χ3v) is 7.28. The van der Waals surface area contributed by atoms with E-state index in [1.165, 1.54) is 18.2 Å². The van der Waals surface area contributed by atoms with Crippen LogP contribution in [0.1, 0.15) is 34.0 Å². The highest BCUT2D eigenvalue weighted by Gasteiger charge is 2.34. The molecule has 4 rings (SSSR count). The quantitative estimate of drug-likeness (QED) is 0.136. The van der Waals surface area contributed by atoms with Crippen molar-refractivity contribution in [3.05, 3.63) is 131 Å². The zero-order chi connectivity index (χ0) is 31.0. The second-order valence-corrected chi connectivity index (χ2v) is 11.0. The fraction of sp³-hybridized carbons (Fsp3) is 0.121. The predicted octanol–water partition coefficient (Wildman–Crippen LogP) is 7.54. The fourth-order valence-corrected chi connectivity index (χ4v) is 4.88. The van der Waals surface area contributed by atoms with Gasteiger partial charge < -0.3 is 16.0 Å². The molecule has 1 atom stereocenters. The summed E-state index contributed by atoms with van der Waals surface area (Å²) in [5, 5.41) is 7.07. The Bertz CT molecular complexity index is 1640. The molecule has 0 bridgehead atoms. The van der Waals surface area contributed by atoms with Crippen molar-refractivity contribution < 1.29 is 27.6 Å². The van der Waals surface area contributed by atoms with E-state index in [2.05, 4.69) is 16.0 Å². The zero-order valence-electron chi connectivity index (χ0n) is 23.2. The minimum atomic E-state index is -4.61. The smallest absolute Gasteiger partial charge is 0.325 e. The summed E-state index contributed by atoms with van der Waals surface area (Å²) in [5.74, 6) is -1.63. The molecule has 3 N–H and O–H groups in total. The first-order chi connectivity index (χ1) is 20.5. The van der Waals surface area contributed by atoms with Gasteiger partial charge >= 0.3 is 6.18 Å². The summed E-state index contributed by atoms with van der Waals surface area (Å²) in [5.41, 5.74) is 1.30. The lowest BCUT2D eigenvalue weighted by Crippen LogP contribution is -2.30. The van der Waals surface area contributed by atoms with Crippen molar-refractivity contribution in [2.45, 2.75) is 30.2 Å². The van der Waals surface area contributed by atoms with E-state index >= 15 is 0 Å². The van der Waals surface area contributed by atoms with Crippen LogP contribution in [0.3, 0.4) is 0 Å². The van der Waals surface area contributed by atoms with Crippen LogP contribution in [-0.2, 0) is 15.8 Å². The number of halogens is 3. The van der Waals surface area contributed by atoms with Crippen molar-refractivity contribution in [3.8, 4) is 0 Å². The first-order valence-corrected chi connectivity index (χ1v) is 14.1. The second-order valence-electron chi connectivity index (χ2n) is 9.56. The highest BCUT2D eigenvalue weighted by Crippen LogP contribution is 2.35. The van der Waals surface area contributed by atoms with Crippen LogP contribution in [-0.4, -0.2) is 23.0 Å². The SMILES string of the molecule is Cc1ccc(/C=C(/NC(=O)c2ccccc2)C(=O)Nc2cccc(SC(C)C(=O)Nc3ccccc3C(F)(F)F)c2)cc1. The molecular formula is C33H28F3N3O3S. The van der Waals surface area contributed by atoms with Gasteiger partial charge in [0.05, 0.1) is 16.5 Å². The molecule has 10 heteroatoms. The van der Waals surface area contributed by atoms with E-state index in [1.807, 2.05) is 31.2 Å². The Morgan fingerprint density at radius 2 is 1.49 bits per heavy atom. The normalized spacial score (nSPS) is 12.3. The van der Waals surface area contributed by atoms with Gasteiger partial charge in [0, 0.05) is 16.1 Å². The molecule has 6 nitrogen and oxygen atoms in total. The van der Waals surface area contributed by atoms with E-state index in [1.54, 1.807) is 67.6 Å². The molecule has 43 heavy (non-hydrogen) atoms. The molecule has 0 aliphatic carbocycles. The lowest BCUT2D eigenvalue weighted by molar-refractivity contribution is -0.137. The first kappa shape index (κ1) is 31.1. The lowest BCUT2D eigenvalue weighted by Gasteiger charge is -2.16. The zero-order valence-corrected chi connectivity index (χ0v) is 24.1. The fourth-order valence-electron chi connectivity index (χ4n) is 3.95. The second kappa shape index (κ2) is 13.9. The van der Waals surface area contributed by atoms with Crippen molar-refractivity contribution >= 4 is 46.9 Å². The molecule has 0 aliphatic rings. The summed E-state index contributed by atoms with van der Waals surface area (Å²) in [6.07, 6.45) is -3.04. The molecule has 0 spiro atoms. The van der Waals surface area contributed by atoms with Crippen LogP contribution >= 0.6 is 11.8 Å². The number of carbonyl (C=O) groups excluding carboxylic acids is 3. The molecule has 4 aromatic carbocycles. The van der Waals surface area contributed by atoms with E-state index in [0.717, 1.165) is 23.4 Å². The number of thioether (sulfide) groups is 1. The lowest BCUT2D eigenvalue weighted by atomic mass is 10.1. The number of aryl methyl sites for hydroxylation is 1. The monoisotopic (exact) mass is 603 g/mol. The van der Waals surface area contributed by atoms with Gasteiger partial charge in [-0.05, 0) is 68.0 Å². The van der Waals surface area contributed by atoms with Crippen molar-refractivity contribution in [3.63, 3.8) is 0 Å². The highest BCUT2D eigenvalue weighted by molar-refractivity contribution is 8.00. The van der Waals surface area contributed by atoms with Crippen LogP contribution in [0.15, 0.2) is 114 Å². The van der Waals surface area contributed by atoms with E-state index in [9.17, 15) is 27.6 Å². The number of nitrogens with one attached hydrogen (secondary N) is 3. The first-order valence-electron chi connectivity index (χ1n) is 13.2. The van der Waals surface area contributed by atoms with Crippen molar-refractivity contribution in [1.29, 1.82) is 0 Å². The van der Waals surface area contributed by atoms with Gasteiger partial charge in [-0.1, -0.05) is 66.2 Å². The Labute approximate surface area is 251 Å². The predicted molar refractivity (Wildman–Crippen MR) is 164 cm³/mol. The van der Waals surface area contributed by atoms with Crippen molar-refractivity contribution in [2.75, 3.05) is 10.6 Å². The van der Waals surface area contributed by atoms with Gasteiger partial charge in [-0.25, -0.2) is 0 Å². The van der Waals surface area contributed by atoms with Gasteiger partial charge in [0.2, 0.25) is 5.91 Å². The van der Waals surface area contributed by atoms with E-state index in [-0.39, 0.29) is 11.4 Å². The van der Waals surface area contributed by atoms with E-state index < -0.39 is 34.7 Å². The minimum absolute atomic E-state index is 0.0202. The average Bonchev–Trinajstić information content (AvgIpc) is 2.98. The van der Waals surface area contributed by atoms with Gasteiger partial charge in [0.25, 0.3) is 11.8 Å². The number of anilines is 2.